The normalized spacial score (nSPS) is 19.3. The highest BCUT2D eigenvalue weighted by Crippen LogP contribution is 2.18. The molecule has 8 nitrogen and oxygen atoms in total. The van der Waals surface area contributed by atoms with Crippen LogP contribution in [0.15, 0.2) is 48.9 Å². The highest BCUT2D eigenvalue weighted by molar-refractivity contribution is 5.93. The lowest BCUT2D eigenvalue weighted by atomic mass is 9.94. The topological polar surface area (TPSA) is 99.3 Å². The van der Waals surface area contributed by atoms with E-state index in [4.69, 9.17) is 0 Å². The van der Waals surface area contributed by atoms with Crippen LogP contribution < -0.4 is 16.0 Å². The van der Waals surface area contributed by atoms with E-state index in [1.807, 2.05) is 24.4 Å². The van der Waals surface area contributed by atoms with Crippen molar-refractivity contribution in [1.82, 2.24) is 30.8 Å². The van der Waals surface area contributed by atoms with Crippen molar-refractivity contribution in [1.29, 1.82) is 0 Å². The number of piperidine rings is 1. The minimum atomic E-state index is -0.200. The molecule has 3 N–H and O–H groups in total. The maximum Gasteiger partial charge on any atom is 0.315 e. The Morgan fingerprint density at radius 3 is 2.72 bits per heavy atom. The van der Waals surface area contributed by atoms with E-state index in [0.717, 1.165) is 31.7 Å². The molecule has 2 unspecified atom stereocenters. The van der Waals surface area contributed by atoms with Gasteiger partial charge in [0.15, 0.2) is 0 Å². The highest BCUT2D eigenvalue weighted by atomic mass is 16.2. The number of urea groups is 1. The van der Waals surface area contributed by atoms with Gasteiger partial charge in [-0.25, -0.2) is 4.79 Å². The van der Waals surface area contributed by atoms with Crippen LogP contribution in [0.1, 0.15) is 29.4 Å². The molecule has 1 aliphatic heterocycles. The Balaban J connectivity index is 1.33. The van der Waals surface area contributed by atoms with E-state index >= 15 is 0 Å². The zero-order valence-electron chi connectivity index (χ0n) is 16.7. The van der Waals surface area contributed by atoms with E-state index in [2.05, 4.69) is 37.7 Å². The first kappa shape index (κ1) is 20.7. The van der Waals surface area contributed by atoms with Crippen LogP contribution in [0.3, 0.4) is 0 Å². The standard InChI is InChI=1S/C21H28N6O2/c1-16-14-27(15-18-6-2-3-9-23-18)12-7-19(16)26-21(29)25-11-10-24-20(28)17-5-4-8-22-13-17/h2-6,8-9,13,16,19H,7,10-12,14-15H2,1H3,(H,24,28)(H2,25,26,29). The van der Waals surface area contributed by atoms with E-state index in [1.54, 1.807) is 18.3 Å². The third-order valence-electron chi connectivity index (χ3n) is 5.04. The molecule has 0 aromatic carbocycles. The van der Waals surface area contributed by atoms with Crippen molar-refractivity contribution in [3.63, 3.8) is 0 Å². The smallest absolute Gasteiger partial charge is 0.315 e. The summed E-state index contributed by atoms with van der Waals surface area (Å²) >= 11 is 0. The largest absolute Gasteiger partial charge is 0.350 e. The van der Waals surface area contributed by atoms with Gasteiger partial charge in [0.25, 0.3) is 5.91 Å². The molecule has 1 saturated heterocycles. The molecule has 0 radical (unpaired) electrons. The Morgan fingerprint density at radius 1 is 1.14 bits per heavy atom. The van der Waals surface area contributed by atoms with Gasteiger partial charge < -0.3 is 16.0 Å². The molecular formula is C21H28N6O2. The summed E-state index contributed by atoms with van der Waals surface area (Å²) in [5.41, 5.74) is 1.57. The number of rotatable bonds is 7. The molecule has 3 heterocycles. The molecule has 8 heteroatoms. The molecule has 3 rings (SSSR count). The summed E-state index contributed by atoms with van der Waals surface area (Å²) in [6.45, 7) is 5.56. The van der Waals surface area contributed by atoms with Crippen molar-refractivity contribution < 1.29 is 9.59 Å². The van der Waals surface area contributed by atoms with Gasteiger partial charge in [0, 0.05) is 57.4 Å². The number of likely N-dealkylation sites (tertiary alicyclic amines) is 1. The van der Waals surface area contributed by atoms with E-state index in [1.165, 1.54) is 6.20 Å². The summed E-state index contributed by atoms with van der Waals surface area (Å²) in [5.74, 6) is 0.151. The van der Waals surface area contributed by atoms with Crippen molar-refractivity contribution in [2.24, 2.45) is 5.92 Å². The molecular weight excluding hydrogens is 368 g/mol. The molecule has 0 aliphatic carbocycles. The molecule has 2 aromatic heterocycles. The highest BCUT2D eigenvalue weighted by Gasteiger charge is 2.27. The lowest BCUT2D eigenvalue weighted by Gasteiger charge is -2.37. The maximum atomic E-state index is 12.2. The van der Waals surface area contributed by atoms with Gasteiger partial charge in [-0.1, -0.05) is 13.0 Å². The minimum absolute atomic E-state index is 0.139. The number of carbonyl (C=O) groups is 2. The Labute approximate surface area is 171 Å². The number of pyridine rings is 2. The van der Waals surface area contributed by atoms with Gasteiger partial charge in [-0.15, -0.1) is 0 Å². The Hall–Kier alpha value is -3.00. The summed E-state index contributed by atoms with van der Waals surface area (Å²) in [6.07, 6.45) is 5.85. The second kappa shape index (κ2) is 10.5. The van der Waals surface area contributed by atoms with Gasteiger partial charge in [-0.05, 0) is 36.6 Å². The molecule has 3 amide bonds. The van der Waals surface area contributed by atoms with Gasteiger partial charge >= 0.3 is 6.03 Å². The molecule has 2 aromatic rings. The summed E-state index contributed by atoms with van der Waals surface area (Å²) in [7, 11) is 0. The predicted molar refractivity (Wildman–Crippen MR) is 110 cm³/mol. The first-order chi connectivity index (χ1) is 14.1. The van der Waals surface area contributed by atoms with Gasteiger partial charge in [-0.2, -0.15) is 0 Å². The molecule has 0 bridgehead atoms. The van der Waals surface area contributed by atoms with Crippen LogP contribution in [0.4, 0.5) is 4.79 Å². The average Bonchev–Trinajstić information content (AvgIpc) is 2.74. The minimum Gasteiger partial charge on any atom is -0.350 e. The van der Waals surface area contributed by atoms with Crippen LogP contribution in [0.2, 0.25) is 0 Å². The van der Waals surface area contributed by atoms with E-state index in [9.17, 15) is 9.59 Å². The monoisotopic (exact) mass is 396 g/mol. The Bertz CT molecular complexity index is 786. The SMILES string of the molecule is CC1CN(Cc2ccccn2)CCC1NC(=O)NCCNC(=O)c1cccnc1. The molecule has 2 atom stereocenters. The molecule has 0 saturated carbocycles. The van der Waals surface area contributed by atoms with Crippen molar-refractivity contribution in [3.05, 3.63) is 60.2 Å². The number of hydrogen-bond donors (Lipinski definition) is 3. The zero-order valence-corrected chi connectivity index (χ0v) is 16.7. The van der Waals surface area contributed by atoms with Gasteiger partial charge in [0.1, 0.15) is 0 Å². The van der Waals surface area contributed by atoms with Crippen molar-refractivity contribution >= 4 is 11.9 Å². The predicted octanol–water partition coefficient (Wildman–Crippen LogP) is 1.42. The fourth-order valence-electron chi connectivity index (χ4n) is 3.48. The maximum absolute atomic E-state index is 12.2. The van der Waals surface area contributed by atoms with E-state index in [-0.39, 0.29) is 18.0 Å². The van der Waals surface area contributed by atoms with Gasteiger partial charge in [0.05, 0.1) is 11.3 Å². The average molecular weight is 396 g/mol. The first-order valence-corrected chi connectivity index (χ1v) is 9.96. The van der Waals surface area contributed by atoms with Crippen LogP contribution in [0, 0.1) is 5.92 Å². The van der Waals surface area contributed by atoms with Crippen molar-refractivity contribution in [2.45, 2.75) is 25.9 Å². The third-order valence-corrected chi connectivity index (χ3v) is 5.04. The molecule has 1 fully saturated rings. The van der Waals surface area contributed by atoms with Crippen LogP contribution >= 0.6 is 0 Å². The Morgan fingerprint density at radius 2 is 2.00 bits per heavy atom. The van der Waals surface area contributed by atoms with E-state index < -0.39 is 0 Å². The summed E-state index contributed by atoms with van der Waals surface area (Å²) < 4.78 is 0. The van der Waals surface area contributed by atoms with Crippen molar-refractivity contribution in [2.75, 3.05) is 26.2 Å². The van der Waals surface area contributed by atoms with Gasteiger partial charge in [-0.3, -0.25) is 19.7 Å². The number of nitrogens with zero attached hydrogens (tertiary/aromatic N) is 3. The fourth-order valence-corrected chi connectivity index (χ4v) is 3.48. The van der Waals surface area contributed by atoms with Crippen LogP contribution in [0.25, 0.3) is 0 Å². The summed E-state index contributed by atoms with van der Waals surface area (Å²) in [6, 6.07) is 9.31. The Kier molecular flexibility index (Phi) is 7.52. The lowest BCUT2D eigenvalue weighted by Crippen LogP contribution is -2.52. The van der Waals surface area contributed by atoms with Gasteiger partial charge in [0.2, 0.25) is 0 Å². The molecule has 29 heavy (non-hydrogen) atoms. The number of amides is 3. The molecule has 154 valence electrons. The number of nitrogens with one attached hydrogen (secondary N) is 3. The van der Waals surface area contributed by atoms with Crippen molar-refractivity contribution in [3.8, 4) is 0 Å². The second-order valence-corrected chi connectivity index (χ2v) is 7.33. The fraction of sp³-hybridized carbons (Fsp3) is 0.429. The molecule has 0 spiro atoms. The first-order valence-electron chi connectivity index (χ1n) is 9.96. The van der Waals surface area contributed by atoms with Crippen LogP contribution in [0.5, 0.6) is 0 Å². The third kappa shape index (κ3) is 6.53. The number of hydrogen-bond acceptors (Lipinski definition) is 5. The van der Waals surface area contributed by atoms with Crippen LogP contribution in [-0.4, -0.2) is 59.0 Å². The number of aromatic nitrogens is 2. The quantitative estimate of drug-likeness (QED) is 0.615. The summed E-state index contributed by atoms with van der Waals surface area (Å²) in [5, 5.41) is 8.62. The molecule has 1 aliphatic rings. The lowest BCUT2D eigenvalue weighted by molar-refractivity contribution is 0.0953. The second-order valence-electron chi connectivity index (χ2n) is 7.33. The zero-order chi connectivity index (χ0) is 20.5. The van der Waals surface area contributed by atoms with Crippen LogP contribution in [-0.2, 0) is 6.54 Å². The van der Waals surface area contributed by atoms with E-state index in [0.29, 0.717) is 24.6 Å². The number of carbonyl (C=O) groups excluding carboxylic acids is 2. The summed E-state index contributed by atoms with van der Waals surface area (Å²) in [4.78, 5) is 34.8.